The Hall–Kier alpha value is -7.52. The molecular formula is C78H94N4O9. The average molecular weight is 1230 g/mol. The normalized spacial score (nSPS) is 16.3. The van der Waals surface area contributed by atoms with Crippen molar-refractivity contribution in [3.63, 3.8) is 0 Å². The van der Waals surface area contributed by atoms with Gasteiger partial charge in [-0.15, -0.1) is 0 Å². The average Bonchev–Trinajstić information content (AvgIpc) is 0.829. The molecule has 3 aliphatic rings. The maximum Gasteiger partial charge on any atom is 0.145 e. The van der Waals surface area contributed by atoms with Crippen molar-refractivity contribution in [3.8, 4) is 45.8 Å². The van der Waals surface area contributed by atoms with Crippen molar-refractivity contribution in [3.05, 3.63) is 212 Å². The van der Waals surface area contributed by atoms with Crippen LogP contribution in [0.3, 0.4) is 0 Å². The molecule has 4 aromatic heterocycles. The standard InChI is InChI=1S/C78H94N4O9/c1-75(2,3)59-37-51-33-55-41-61(77(7,8)9)42-56-34-52-38-60(76(4,5)6)40-54(72(52)84-14)36-58-44-62(78(10,11)12)43-57(35-53(39-59)71(51)83-13)74(58)91-66(49-88-46-64-22-20-26-70(82-64)68-24-16-18-28-80-68)48-86-30-29-85-31-32-89-65(50-90-73(55)56)47-87-45-63-21-19-25-69(81-63)67-23-15-17-27-79-67/h15-28,37-44,65-66H,29-36,45-50H2,1-14H3/t65-,66+/m1/s1. The third-order valence-electron chi connectivity index (χ3n) is 16.9. The van der Waals surface area contributed by atoms with Gasteiger partial charge in [0.25, 0.3) is 0 Å². The predicted molar refractivity (Wildman–Crippen MR) is 360 cm³/mol. The smallest absolute Gasteiger partial charge is 0.145 e. The molecule has 10 bridgehead atoms. The van der Waals surface area contributed by atoms with Crippen molar-refractivity contribution in [2.75, 3.05) is 67.1 Å². The number of aromatic nitrogens is 4. The van der Waals surface area contributed by atoms with Crippen LogP contribution >= 0.6 is 0 Å². The second kappa shape index (κ2) is 29.0. The number of pyridine rings is 4. The lowest BCUT2D eigenvalue weighted by molar-refractivity contribution is -0.0654. The van der Waals surface area contributed by atoms with Crippen LogP contribution in [-0.2, 0) is 84.2 Å². The molecule has 480 valence electrons. The van der Waals surface area contributed by atoms with E-state index >= 15 is 0 Å². The van der Waals surface area contributed by atoms with Gasteiger partial charge in [-0.2, -0.15) is 0 Å². The van der Waals surface area contributed by atoms with E-state index in [2.05, 4.69) is 142 Å². The Bertz CT molecular complexity index is 3630. The SMILES string of the molecule is COc1c2cc(C(C)(C)C)cc1Cc1cc(C(C)(C)C)cc3c1O[C@H](COCc1cccc(-c4ccccn4)n1)COCCOCCO[C@H](COCc1cccc(-c4ccccn4)n1)COc1c(cc(C(C)(C)C)cc1Cc1cc(C(C)(C)C)cc(c1OC)C3)C2. The number of methoxy groups -OCH3 is 2. The molecule has 1 aliphatic carbocycles. The van der Waals surface area contributed by atoms with Gasteiger partial charge in [0, 0.05) is 38.1 Å². The van der Waals surface area contributed by atoms with Gasteiger partial charge in [0.15, 0.2) is 0 Å². The maximum atomic E-state index is 7.61. The summed E-state index contributed by atoms with van der Waals surface area (Å²) in [6.07, 6.45) is 4.53. The highest BCUT2D eigenvalue weighted by atomic mass is 16.6. The molecule has 0 saturated heterocycles. The molecule has 0 unspecified atom stereocenters. The number of hydrogen-bond donors (Lipinski definition) is 0. The van der Waals surface area contributed by atoms with Crippen LogP contribution in [0.2, 0.25) is 0 Å². The Morgan fingerprint density at radius 2 is 0.791 bits per heavy atom. The zero-order chi connectivity index (χ0) is 64.5. The number of hydrogen-bond acceptors (Lipinski definition) is 13. The first-order chi connectivity index (χ1) is 43.5. The Morgan fingerprint density at radius 1 is 0.407 bits per heavy atom. The molecule has 13 nitrogen and oxygen atoms in total. The van der Waals surface area contributed by atoms with Crippen LogP contribution in [0.1, 0.15) is 161 Å². The van der Waals surface area contributed by atoms with Crippen LogP contribution in [0, 0.1) is 0 Å². The van der Waals surface area contributed by atoms with Gasteiger partial charge in [-0.3, -0.25) is 9.97 Å². The molecule has 4 aromatic carbocycles. The summed E-state index contributed by atoms with van der Waals surface area (Å²) >= 11 is 0. The van der Waals surface area contributed by atoms with Gasteiger partial charge in [0.1, 0.15) is 41.8 Å². The van der Waals surface area contributed by atoms with Crippen molar-refractivity contribution in [1.29, 1.82) is 0 Å². The zero-order valence-corrected chi connectivity index (χ0v) is 56.2. The summed E-state index contributed by atoms with van der Waals surface area (Å²) < 4.78 is 61.2. The summed E-state index contributed by atoms with van der Waals surface area (Å²) in [4.78, 5) is 19.0. The second-order valence-electron chi connectivity index (χ2n) is 28.3. The van der Waals surface area contributed by atoms with Gasteiger partial charge in [-0.25, -0.2) is 9.97 Å². The fourth-order valence-corrected chi connectivity index (χ4v) is 11.8. The molecule has 0 radical (unpaired) electrons. The molecular weight excluding hydrogens is 1140 g/mol. The molecule has 2 aliphatic heterocycles. The van der Waals surface area contributed by atoms with E-state index in [4.69, 9.17) is 52.6 Å². The van der Waals surface area contributed by atoms with E-state index in [1.807, 2.05) is 72.8 Å². The Kier molecular flexibility index (Phi) is 21.1. The first kappa shape index (κ1) is 66.4. The van der Waals surface area contributed by atoms with Crippen LogP contribution in [0.25, 0.3) is 22.8 Å². The van der Waals surface area contributed by atoms with E-state index in [9.17, 15) is 0 Å². The quantitative estimate of drug-likeness (QED) is 0.108. The lowest BCUT2D eigenvalue weighted by Crippen LogP contribution is -2.31. The van der Waals surface area contributed by atoms with Gasteiger partial charge in [0.2, 0.25) is 0 Å². The van der Waals surface area contributed by atoms with E-state index < -0.39 is 12.2 Å². The second-order valence-corrected chi connectivity index (χ2v) is 28.3. The van der Waals surface area contributed by atoms with Crippen molar-refractivity contribution < 1.29 is 42.6 Å². The molecule has 0 spiro atoms. The van der Waals surface area contributed by atoms with Gasteiger partial charge in [0.05, 0.1) is 108 Å². The molecule has 8 aromatic rings. The fourth-order valence-electron chi connectivity index (χ4n) is 11.8. The van der Waals surface area contributed by atoms with Gasteiger partial charge in [-0.1, -0.05) is 156 Å². The number of ether oxygens (including phenoxy) is 9. The summed E-state index contributed by atoms with van der Waals surface area (Å²) in [5.41, 5.74) is 16.9. The number of rotatable bonds is 12. The van der Waals surface area contributed by atoms with Crippen molar-refractivity contribution >= 4 is 0 Å². The number of benzene rings is 4. The van der Waals surface area contributed by atoms with Gasteiger partial charge < -0.3 is 42.6 Å². The van der Waals surface area contributed by atoms with Crippen molar-refractivity contribution in [2.45, 2.75) is 156 Å². The summed E-state index contributed by atoms with van der Waals surface area (Å²) in [6, 6.07) is 42.3. The summed E-state index contributed by atoms with van der Waals surface area (Å²) in [5.74, 6) is 3.22. The Morgan fingerprint density at radius 3 is 1.20 bits per heavy atom. The third-order valence-corrected chi connectivity index (χ3v) is 16.9. The molecule has 6 heterocycles. The molecule has 0 saturated carbocycles. The van der Waals surface area contributed by atoms with Crippen LogP contribution in [0.5, 0.6) is 23.0 Å². The molecule has 13 heteroatoms. The highest BCUT2D eigenvalue weighted by Gasteiger charge is 2.31. The predicted octanol–water partition coefficient (Wildman–Crippen LogP) is 15.5. The van der Waals surface area contributed by atoms with E-state index in [-0.39, 0.29) is 67.9 Å². The lowest BCUT2D eigenvalue weighted by atomic mass is 9.79. The van der Waals surface area contributed by atoms with Crippen LogP contribution < -0.4 is 18.9 Å². The van der Waals surface area contributed by atoms with Gasteiger partial charge >= 0.3 is 0 Å². The third kappa shape index (κ3) is 17.2. The largest absolute Gasteiger partial charge is 0.496 e. The first-order valence-electron chi connectivity index (χ1n) is 32.2. The van der Waals surface area contributed by atoms with E-state index in [1.54, 1.807) is 26.6 Å². The lowest BCUT2D eigenvalue weighted by Gasteiger charge is -2.30. The molecule has 0 amide bonds. The van der Waals surface area contributed by atoms with Crippen LogP contribution in [-0.4, -0.2) is 99.2 Å². The zero-order valence-electron chi connectivity index (χ0n) is 56.2. The summed E-state index contributed by atoms with van der Waals surface area (Å²) in [6.45, 7) is 30.0. The van der Waals surface area contributed by atoms with Crippen molar-refractivity contribution in [2.24, 2.45) is 0 Å². The first-order valence-corrected chi connectivity index (χ1v) is 32.2. The fraction of sp³-hybridized carbons (Fsp3) is 0.436. The molecule has 0 N–H and O–H groups in total. The van der Waals surface area contributed by atoms with Crippen LogP contribution in [0.4, 0.5) is 0 Å². The molecule has 91 heavy (non-hydrogen) atoms. The molecule has 0 fully saturated rings. The van der Waals surface area contributed by atoms with E-state index in [0.29, 0.717) is 45.5 Å². The van der Waals surface area contributed by atoms with Crippen molar-refractivity contribution in [1.82, 2.24) is 19.9 Å². The Balaban J connectivity index is 1.15. The summed E-state index contributed by atoms with van der Waals surface area (Å²) in [7, 11) is 3.61. The highest BCUT2D eigenvalue weighted by molar-refractivity contribution is 5.61. The number of nitrogens with zero attached hydrogens (tertiary/aromatic N) is 4. The van der Waals surface area contributed by atoms with Gasteiger partial charge in [-0.05, 0) is 137 Å². The maximum absolute atomic E-state index is 7.61. The summed E-state index contributed by atoms with van der Waals surface area (Å²) in [5, 5.41) is 0. The monoisotopic (exact) mass is 1230 g/mol. The van der Waals surface area contributed by atoms with E-state index in [0.717, 1.165) is 102 Å². The number of fused-ring (bicyclic) bond motifs is 12. The minimum absolute atomic E-state index is 0.191. The molecule has 2 atom stereocenters. The minimum Gasteiger partial charge on any atom is -0.496 e. The topological polar surface area (TPSA) is 135 Å². The molecule has 11 rings (SSSR count). The van der Waals surface area contributed by atoms with Crippen LogP contribution in [0.15, 0.2) is 134 Å². The minimum atomic E-state index is -0.561. The Labute approximate surface area is 540 Å². The van der Waals surface area contributed by atoms with E-state index in [1.165, 1.54) is 22.3 Å². The highest BCUT2D eigenvalue weighted by Crippen LogP contribution is 2.45.